The maximum Gasteiger partial charge on any atom is 0.413 e. The number of halogens is 3. The minimum absolute atomic E-state index is 0.0365. The molecule has 0 saturated carbocycles. The Morgan fingerprint density at radius 3 is 2.24 bits per heavy atom. The van der Waals surface area contributed by atoms with E-state index >= 15 is 0 Å². The molecular weight excluding hydrogens is 237 g/mol. The number of carbonyl (C=O) groups is 1. The second-order valence-electron chi connectivity index (χ2n) is 3.77. The van der Waals surface area contributed by atoms with Gasteiger partial charge in [0, 0.05) is 6.04 Å². The van der Waals surface area contributed by atoms with Crippen LogP contribution in [0.2, 0.25) is 0 Å². The van der Waals surface area contributed by atoms with E-state index in [0.717, 1.165) is 12.8 Å². The van der Waals surface area contributed by atoms with Crippen molar-refractivity contribution in [2.24, 2.45) is 0 Å². The van der Waals surface area contributed by atoms with E-state index < -0.39 is 18.8 Å². The first-order valence-corrected chi connectivity index (χ1v) is 5.54. The number of hydroxylamine groups is 1. The molecule has 0 aliphatic rings. The van der Waals surface area contributed by atoms with Crippen LogP contribution in [0.3, 0.4) is 0 Å². The molecule has 0 saturated heterocycles. The minimum atomic E-state index is -4.40. The molecule has 0 rings (SSSR count). The fraction of sp³-hybridized carbons (Fsp3) is 0.900. The Kier molecular flexibility index (Phi) is 7.13. The van der Waals surface area contributed by atoms with Gasteiger partial charge in [-0.25, -0.2) is 0 Å². The highest BCUT2D eigenvalue weighted by Crippen LogP contribution is 2.13. The Morgan fingerprint density at radius 1 is 1.29 bits per heavy atom. The summed E-state index contributed by atoms with van der Waals surface area (Å²) in [5.74, 6) is -0.374. The van der Waals surface area contributed by atoms with Gasteiger partial charge >= 0.3 is 6.18 Å². The number of nitrogens with one attached hydrogen (secondary N) is 2. The summed E-state index contributed by atoms with van der Waals surface area (Å²) in [6, 6.07) is -0.785. The van der Waals surface area contributed by atoms with Crippen LogP contribution in [0, 0.1) is 0 Å². The van der Waals surface area contributed by atoms with Crippen molar-refractivity contribution in [1.29, 1.82) is 0 Å². The lowest BCUT2D eigenvalue weighted by atomic mass is 10.1. The average Bonchev–Trinajstić information content (AvgIpc) is 2.23. The first-order chi connectivity index (χ1) is 7.80. The first kappa shape index (κ1) is 16.2. The van der Waals surface area contributed by atoms with E-state index in [4.69, 9.17) is 0 Å². The van der Waals surface area contributed by atoms with E-state index in [1.165, 1.54) is 6.92 Å². The molecule has 7 heteroatoms. The molecular formula is C10H19F3N2O2. The molecule has 17 heavy (non-hydrogen) atoms. The highest BCUT2D eigenvalue weighted by molar-refractivity contribution is 5.81. The summed E-state index contributed by atoms with van der Waals surface area (Å²) < 4.78 is 35.3. The van der Waals surface area contributed by atoms with Gasteiger partial charge in [0.05, 0.1) is 0 Å². The largest absolute Gasteiger partial charge is 0.413 e. The van der Waals surface area contributed by atoms with Crippen molar-refractivity contribution in [3.63, 3.8) is 0 Å². The molecule has 0 aliphatic heterocycles. The summed E-state index contributed by atoms with van der Waals surface area (Å²) in [6.07, 6.45) is -2.85. The first-order valence-electron chi connectivity index (χ1n) is 5.54. The third kappa shape index (κ3) is 7.98. The summed E-state index contributed by atoms with van der Waals surface area (Å²) in [5, 5.41) is 2.70. The monoisotopic (exact) mass is 256 g/mol. The van der Waals surface area contributed by atoms with E-state index in [0.29, 0.717) is 0 Å². The predicted octanol–water partition coefficient (Wildman–Crippen LogP) is 1.76. The topological polar surface area (TPSA) is 50.4 Å². The van der Waals surface area contributed by atoms with Crippen LogP contribution < -0.4 is 10.8 Å². The molecule has 0 spiro atoms. The summed E-state index contributed by atoms with van der Waals surface area (Å²) in [6.45, 7) is 3.86. The fourth-order valence-corrected chi connectivity index (χ4v) is 1.12. The van der Waals surface area contributed by atoms with Crippen LogP contribution in [0.15, 0.2) is 0 Å². The number of alkyl halides is 3. The zero-order valence-corrected chi connectivity index (χ0v) is 10.2. The molecule has 0 heterocycles. The van der Waals surface area contributed by atoms with Gasteiger partial charge in [-0.3, -0.25) is 9.63 Å². The Balaban J connectivity index is 3.89. The SMILES string of the molecule is CCC(CC)NC(=O)C(C)NOCC(F)(F)F. The number of amides is 1. The summed E-state index contributed by atoms with van der Waals surface area (Å²) in [4.78, 5) is 15.7. The molecule has 0 aromatic rings. The third-order valence-corrected chi connectivity index (χ3v) is 2.22. The molecule has 1 amide bonds. The van der Waals surface area contributed by atoms with Gasteiger partial charge in [0.15, 0.2) is 6.61 Å². The zero-order chi connectivity index (χ0) is 13.5. The fourth-order valence-electron chi connectivity index (χ4n) is 1.12. The van der Waals surface area contributed by atoms with E-state index in [1.807, 2.05) is 13.8 Å². The Bertz CT molecular complexity index is 230. The Morgan fingerprint density at radius 2 is 1.82 bits per heavy atom. The van der Waals surface area contributed by atoms with Crippen molar-refractivity contribution in [3.8, 4) is 0 Å². The molecule has 0 radical (unpaired) electrons. The van der Waals surface area contributed by atoms with Crippen LogP contribution in [-0.4, -0.2) is 30.8 Å². The maximum absolute atomic E-state index is 11.8. The van der Waals surface area contributed by atoms with Crippen molar-refractivity contribution in [2.45, 2.75) is 51.9 Å². The standard InChI is InChI=1S/C10H19F3N2O2/c1-4-8(5-2)14-9(16)7(3)15-17-6-10(11,12)13/h7-8,15H,4-6H2,1-3H3,(H,14,16). The van der Waals surface area contributed by atoms with Gasteiger partial charge in [0.25, 0.3) is 0 Å². The lowest BCUT2D eigenvalue weighted by molar-refractivity contribution is -0.193. The normalized spacial score (nSPS) is 13.8. The third-order valence-electron chi connectivity index (χ3n) is 2.22. The molecule has 1 unspecified atom stereocenters. The number of rotatable bonds is 7. The van der Waals surface area contributed by atoms with Crippen LogP contribution in [0.25, 0.3) is 0 Å². The number of hydrogen-bond donors (Lipinski definition) is 2. The van der Waals surface area contributed by atoms with Crippen LogP contribution >= 0.6 is 0 Å². The van der Waals surface area contributed by atoms with Gasteiger partial charge in [0.2, 0.25) is 5.91 Å². The van der Waals surface area contributed by atoms with Gasteiger partial charge < -0.3 is 5.32 Å². The Labute approximate surface area is 98.8 Å². The summed E-state index contributed by atoms with van der Waals surface area (Å²) in [7, 11) is 0. The van der Waals surface area contributed by atoms with Crippen LogP contribution in [0.1, 0.15) is 33.6 Å². The number of carbonyl (C=O) groups excluding carboxylic acids is 1. The number of hydrogen-bond acceptors (Lipinski definition) is 3. The summed E-state index contributed by atoms with van der Waals surface area (Å²) >= 11 is 0. The quantitative estimate of drug-likeness (QED) is 0.682. The van der Waals surface area contributed by atoms with Gasteiger partial charge in [-0.1, -0.05) is 13.8 Å². The maximum atomic E-state index is 11.8. The molecule has 4 nitrogen and oxygen atoms in total. The van der Waals surface area contributed by atoms with Gasteiger partial charge in [0.1, 0.15) is 6.04 Å². The molecule has 0 aliphatic carbocycles. The van der Waals surface area contributed by atoms with Crippen molar-refractivity contribution < 1.29 is 22.8 Å². The lowest BCUT2D eigenvalue weighted by Gasteiger charge is -2.19. The highest BCUT2D eigenvalue weighted by Gasteiger charge is 2.28. The molecule has 0 aromatic carbocycles. The zero-order valence-electron chi connectivity index (χ0n) is 10.2. The Hall–Kier alpha value is -0.820. The van der Waals surface area contributed by atoms with E-state index in [1.54, 1.807) is 0 Å². The smallest absolute Gasteiger partial charge is 0.352 e. The van der Waals surface area contributed by atoms with Crippen molar-refractivity contribution in [2.75, 3.05) is 6.61 Å². The molecule has 0 bridgehead atoms. The molecule has 2 N–H and O–H groups in total. The second kappa shape index (κ2) is 7.50. The molecule has 102 valence electrons. The van der Waals surface area contributed by atoms with Crippen molar-refractivity contribution in [1.82, 2.24) is 10.8 Å². The van der Waals surface area contributed by atoms with Crippen molar-refractivity contribution in [3.05, 3.63) is 0 Å². The molecule has 0 aromatic heterocycles. The van der Waals surface area contributed by atoms with Gasteiger partial charge in [-0.05, 0) is 19.8 Å². The van der Waals surface area contributed by atoms with Crippen LogP contribution in [0.5, 0.6) is 0 Å². The van der Waals surface area contributed by atoms with Crippen LogP contribution in [0.4, 0.5) is 13.2 Å². The van der Waals surface area contributed by atoms with E-state index in [2.05, 4.69) is 15.6 Å². The molecule has 0 fully saturated rings. The van der Waals surface area contributed by atoms with Gasteiger partial charge in [-0.15, -0.1) is 0 Å². The van der Waals surface area contributed by atoms with Gasteiger partial charge in [-0.2, -0.15) is 18.7 Å². The second-order valence-corrected chi connectivity index (χ2v) is 3.77. The summed E-state index contributed by atoms with van der Waals surface area (Å²) in [5.41, 5.74) is 2.06. The average molecular weight is 256 g/mol. The molecule has 1 atom stereocenters. The lowest BCUT2D eigenvalue weighted by Crippen LogP contribution is -2.46. The minimum Gasteiger partial charge on any atom is -0.352 e. The van der Waals surface area contributed by atoms with Crippen LogP contribution in [-0.2, 0) is 9.63 Å². The van der Waals surface area contributed by atoms with E-state index in [9.17, 15) is 18.0 Å². The van der Waals surface area contributed by atoms with Crippen molar-refractivity contribution >= 4 is 5.91 Å². The highest BCUT2D eigenvalue weighted by atomic mass is 19.4. The predicted molar refractivity (Wildman–Crippen MR) is 57.1 cm³/mol. The van der Waals surface area contributed by atoms with E-state index in [-0.39, 0.29) is 11.9 Å².